The summed E-state index contributed by atoms with van der Waals surface area (Å²) in [6.07, 6.45) is 3.72. The molecule has 2 aromatic carbocycles. The van der Waals surface area contributed by atoms with Gasteiger partial charge in [-0.1, -0.05) is 30.3 Å². The molecule has 1 aliphatic heterocycles. The zero-order valence-electron chi connectivity index (χ0n) is 20.9. The summed E-state index contributed by atoms with van der Waals surface area (Å²) in [4.78, 5) is 0. The van der Waals surface area contributed by atoms with Crippen LogP contribution in [-0.2, 0) is 32.6 Å². The van der Waals surface area contributed by atoms with Crippen molar-refractivity contribution in [2.24, 2.45) is 0 Å². The SMILES string of the molecule is C=CC[C@@H](OC)[C@@H](CC1CCCO1)S(=O)(=O)N(Cc1ccc(OC)cc1)Cc1ccc(OC)cc1. The lowest BCUT2D eigenvalue weighted by Crippen LogP contribution is -2.46. The number of methoxy groups -OCH3 is 3. The molecule has 0 amide bonds. The molecule has 2 aromatic rings. The molecule has 1 fully saturated rings. The van der Waals surface area contributed by atoms with Gasteiger partial charge in [0.25, 0.3) is 0 Å². The van der Waals surface area contributed by atoms with E-state index >= 15 is 0 Å². The Kier molecular flexibility index (Phi) is 10.2. The maximum Gasteiger partial charge on any atom is 0.220 e. The maximum atomic E-state index is 14.3. The van der Waals surface area contributed by atoms with E-state index in [1.165, 1.54) is 0 Å². The fourth-order valence-electron chi connectivity index (χ4n) is 4.42. The Balaban J connectivity index is 1.96. The topological polar surface area (TPSA) is 74.3 Å². The first-order valence-electron chi connectivity index (χ1n) is 11.9. The number of nitrogens with zero attached hydrogens (tertiary/aromatic N) is 1. The number of hydrogen-bond donors (Lipinski definition) is 0. The highest BCUT2D eigenvalue weighted by atomic mass is 32.2. The van der Waals surface area contributed by atoms with E-state index in [1.807, 2.05) is 48.5 Å². The van der Waals surface area contributed by atoms with Crippen molar-refractivity contribution >= 4 is 10.0 Å². The van der Waals surface area contributed by atoms with E-state index in [4.69, 9.17) is 18.9 Å². The average molecular weight is 504 g/mol. The van der Waals surface area contributed by atoms with E-state index in [1.54, 1.807) is 31.7 Å². The van der Waals surface area contributed by atoms with Gasteiger partial charge in [-0.05, 0) is 61.1 Å². The van der Waals surface area contributed by atoms with Gasteiger partial charge >= 0.3 is 0 Å². The molecule has 0 aromatic heterocycles. The zero-order chi connectivity index (χ0) is 25.3. The highest BCUT2D eigenvalue weighted by Gasteiger charge is 2.40. The number of hydrogen-bond acceptors (Lipinski definition) is 6. The zero-order valence-corrected chi connectivity index (χ0v) is 21.7. The molecule has 8 heteroatoms. The Morgan fingerprint density at radius 2 is 1.54 bits per heavy atom. The van der Waals surface area contributed by atoms with Crippen LogP contribution in [0.2, 0.25) is 0 Å². The van der Waals surface area contributed by atoms with Gasteiger partial charge in [0.05, 0.1) is 26.4 Å². The third-order valence-electron chi connectivity index (χ3n) is 6.41. The van der Waals surface area contributed by atoms with E-state index < -0.39 is 21.4 Å². The Morgan fingerprint density at radius 3 is 1.94 bits per heavy atom. The van der Waals surface area contributed by atoms with E-state index in [0.717, 1.165) is 35.5 Å². The summed E-state index contributed by atoms with van der Waals surface area (Å²) in [5.41, 5.74) is 1.74. The van der Waals surface area contributed by atoms with Crippen molar-refractivity contribution in [3.8, 4) is 11.5 Å². The van der Waals surface area contributed by atoms with Crippen LogP contribution in [0.5, 0.6) is 11.5 Å². The summed E-state index contributed by atoms with van der Waals surface area (Å²) in [5, 5.41) is -0.759. The lowest BCUT2D eigenvalue weighted by molar-refractivity contribution is 0.0617. The van der Waals surface area contributed by atoms with Crippen LogP contribution >= 0.6 is 0 Å². The van der Waals surface area contributed by atoms with Crippen molar-refractivity contribution in [2.45, 2.75) is 56.2 Å². The third-order valence-corrected chi connectivity index (χ3v) is 8.65. The normalized spacial score (nSPS) is 17.8. The quantitative estimate of drug-likeness (QED) is 0.352. The predicted molar refractivity (Wildman–Crippen MR) is 137 cm³/mol. The number of benzene rings is 2. The van der Waals surface area contributed by atoms with E-state index in [2.05, 4.69) is 6.58 Å². The number of ether oxygens (including phenoxy) is 4. The van der Waals surface area contributed by atoms with E-state index in [0.29, 0.717) is 19.4 Å². The van der Waals surface area contributed by atoms with Gasteiger partial charge in [-0.2, -0.15) is 4.31 Å². The van der Waals surface area contributed by atoms with E-state index in [-0.39, 0.29) is 19.2 Å². The molecule has 3 atom stereocenters. The second-order valence-electron chi connectivity index (χ2n) is 8.72. The minimum atomic E-state index is -3.79. The van der Waals surface area contributed by atoms with Gasteiger partial charge in [-0.15, -0.1) is 6.58 Å². The lowest BCUT2D eigenvalue weighted by Gasteiger charge is -2.33. The summed E-state index contributed by atoms with van der Waals surface area (Å²) < 4.78 is 52.1. The summed E-state index contributed by atoms with van der Waals surface area (Å²) in [6, 6.07) is 14.9. The molecule has 0 N–H and O–H groups in total. The molecule has 1 heterocycles. The molecule has 7 nitrogen and oxygen atoms in total. The molecule has 192 valence electrons. The second kappa shape index (κ2) is 13.1. The van der Waals surface area contributed by atoms with Crippen molar-refractivity contribution in [2.75, 3.05) is 27.9 Å². The van der Waals surface area contributed by atoms with Crippen molar-refractivity contribution in [3.05, 3.63) is 72.3 Å². The van der Waals surface area contributed by atoms with Crippen LogP contribution in [0.25, 0.3) is 0 Å². The average Bonchev–Trinajstić information content (AvgIpc) is 3.40. The molecule has 1 unspecified atom stereocenters. The Labute approximate surface area is 209 Å². The molecular formula is C27H37NO6S. The van der Waals surface area contributed by atoms with Crippen LogP contribution in [0.15, 0.2) is 61.2 Å². The van der Waals surface area contributed by atoms with Crippen molar-refractivity contribution in [3.63, 3.8) is 0 Å². The summed E-state index contributed by atoms with van der Waals surface area (Å²) in [5.74, 6) is 1.44. The molecular weight excluding hydrogens is 466 g/mol. The molecule has 0 radical (unpaired) electrons. The van der Waals surface area contributed by atoms with Gasteiger partial charge in [0.2, 0.25) is 10.0 Å². The summed E-state index contributed by atoms with van der Waals surface area (Å²) >= 11 is 0. The summed E-state index contributed by atoms with van der Waals surface area (Å²) in [6.45, 7) is 4.93. The molecule has 1 aliphatic rings. The second-order valence-corrected chi connectivity index (χ2v) is 10.9. The van der Waals surface area contributed by atoms with Crippen LogP contribution in [0.1, 0.15) is 36.8 Å². The highest BCUT2D eigenvalue weighted by Crippen LogP contribution is 2.29. The molecule has 3 rings (SSSR count). The molecule has 1 saturated heterocycles. The van der Waals surface area contributed by atoms with Crippen LogP contribution in [0, 0.1) is 0 Å². The molecule has 0 bridgehead atoms. The van der Waals surface area contributed by atoms with Gasteiger partial charge in [0, 0.05) is 26.8 Å². The van der Waals surface area contributed by atoms with Gasteiger partial charge in [-0.25, -0.2) is 8.42 Å². The Hall–Kier alpha value is -2.39. The highest BCUT2D eigenvalue weighted by molar-refractivity contribution is 7.89. The predicted octanol–water partition coefficient (Wildman–Crippen LogP) is 4.56. The van der Waals surface area contributed by atoms with Gasteiger partial charge in [-0.3, -0.25) is 0 Å². The van der Waals surface area contributed by atoms with Crippen molar-refractivity contribution in [1.29, 1.82) is 0 Å². The van der Waals surface area contributed by atoms with Crippen LogP contribution in [0.4, 0.5) is 0 Å². The number of rotatable bonds is 14. The molecule has 35 heavy (non-hydrogen) atoms. The molecule has 0 aliphatic carbocycles. The minimum absolute atomic E-state index is 0.0962. The standard InChI is InChI=1S/C27H37NO6S/c1-5-7-26(33-4)27(18-25-8-6-17-34-25)35(29,30)28(19-21-9-13-23(31-2)14-10-21)20-22-11-15-24(32-3)16-12-22/h5,9-16,25-27H,1,6-8,17-20H2,2-4H3/t25?,26-,27-/m1/s1. The number of sulfonamides is 1. The first kappa shape index (κ1) is 27.2. The lowest BCUT2D eigenvalue weighted by atomic mass is 10.0. The van der Waals surface area contributed by atoms with Crippen molar-refractivity contribution in [1.82, 2.24) is 4.31 Å². The Bertz CT molecular complexity index is 967. The van der Waals surface area contributed by atoms with Crippen LogP contribution in [0.3, 0.4) is 0 Å². The van der Waals surface area contributed by atoms with E-state index in [9.17, 15) is 8.42 Å². The summed E-state index contributed by atoms with van der Waals surface area (Å²) in [7, 11) is 0.979. The first-order valence-corrected chi connectivity index (χ1v) is 13.4. The first-order chi connectivity index (χ1) is 16.9. The third kappa shape index (κ3) is 7.30. The van der Waals surface area contributed by atoms with Gasteiger partial charge < -0.3 is 18.9 Å². The molecule has 0 saturated carbocycles. The van der Waals surface area contributed by atoms with Gasteiger partial charge in [0.15, 0.2) is 0 Å². The molecule has 0 spiro atoms. The van der Waals surface area contributed by atoms with Crippen molar-refractivity contribution < 1.29 is 27.4 Å². The monoisotopic (exact) mass is 503 g/mol. The largest absolute Gasteiger partial charge is 0.497 e. The van der Waals surface area contributed by atoms with Crippen LogP contribution in [-0.4, -0.2) is 58.1 Å². The fraction of sp³-hybridized carbons (Fsp3) is 0.481. The Morgan fingerprint density at radius 1 is 1.00 bits per heavy atom. The van der Waals surface area contributed by atoms with Crippen LogP contribution < -0.4 is 9.47 Å². The van der Waals surface area contributed by atoms with Gasteiger partial charge in [0.1, 0.15) is 16.7 Å². The maximum absolute atomic E-state index is 14.3. The smallest absolute Gasteiger partial charge is 0.220 e. The minimum Gasteiger partial charge on any atom is -0.497 e. The fourth-order valence-corrected chi connectivity index (χ4v) is 6.52.